The van der Waals surface area contributed by atoms with E-state index in [-0.39, 0.29) is 5.91 Å². The molecule has 0 radical (unpaired) electrons. The smallest absolute Gasteiger partial charge is 0.240 e. The summed E-state index contributed by atoms with van der Waals surface area (Å²) in [5, 5.41) is 11.1. The number of H-pyrrole nitrogens is 1. The topological polar surface area (TPSA) is 88.6 Å². The van der Waals surface area contributed by atoms with Crippen LogP contribution in [0.2, 0.25) is 0 Å². The molecule has 7 nitrogen and oxygen atoms in total. The highest BCUT2D eigenvalue weighted by molar-refractivity contribution is 5.83. The van der Waals surface area contributed by atoms with E-state index in [1.807, 2.05) is 62.4 Å². The number of hydrogen-bond acceptors (Lipinski definition) is 5. The highest BCUT2D eigenvalue weighted by Gasteiger charge is 2.09. The first-order valence-corrected chi connectivity index (χ1v) is 9.74. The molecule has 30 heavy (non-hydrogen) atoms. The molecule has 2 N–H and O–H groups in total. The van der Waals surface area contributed by atoms with Gasteiger partial charge in [-0.1, -0.05) is 30.3 Å². The molecule has 0 fully saturated rings. The summed E-state index contributed by atoms with van der Waals surface area (Å²) in [6.07, 6.45) is 2.54. The number of carbonyl (C=O) groups is 1. The van der Waals surface area contributed by atoms with Crippen molar-refractivity contribution in [1.82, 2.24) is 15.6 Å². The Hall–Kier alpha value is -3.61. The van der Waals surface area contributed by atoms with Gasteiger partial charge in [-0.2, -0.15) is 10.2 Å². The molecule has 0 spiro atoms. The van der Waals surface area contributed by atoms with Crippen LogP contribution in [0.3, 0.4) is 0 Å². The van der Waals surface area contributed by atoms with Crippen LogP contribution in [0.5, 0.6) is 11.5 Å². The number of hydrazone groups is 1. The molecule has 1 heterocycles. The van der Waals surface area contributed by atoms with E-state index in [9.17, 15) is 4.79 Å². The summed E-state index contributed by atoms with van der Waals surface area (Å²) < 4.78 is 11.3. The molecule has 0 unspecified atom stereocenters. The molecule has 3 rings (SSSR count). The van der Waals surface area contributed by atoms with Crippen LogP contribution >= 0.6 is 0 Å². The average Bonchev–Trinajstić information content (AvgIpc) is 3.09. The summed E-state index contributed by atoms with van der Waals surface area (Å²) in [6.45, 7) is 4.31. The van der Waals surface area contributed by atoms with Crippen LogP contribution in [-0.2, 0) is 17.8 Å². The standard InChI is InChI=1S/C23H26N4O3/c1-16-20(17(2)26-25-16)10-12-23(28)27-24-14-19-9-11-21(29-3)22(13-19)30-15-18-7-5-4-6-8-18/h4-9,11,13-14H,10,12,15H2,1-3H3,(H,25,26)(H,27,28)/b24-14+. The fraction of sp³-hybridized carbons (Fsp3) is 0.261. The number of aryl methyl sites for hydroxylation is 2. The maximum Gasteiger partial charge on any atom is 0.240 e. The van der Waals surface area contributed by atoms with Crippen LogP contribution in [0.25, 0.3) is 0 Å². The summed E-state index contributed by atoms with van der Waals surface area (Å²) in [4.78, 5) is 12.1. The number of rotatable bonds is 9. The Morgan fingerprint density at radius 1 is 1.17 bits per heavy atom. The van der Waals surface area contributed by atoms with Gasteiger partial charge in [0.15, 0.2) is 11.5 Å². The molecule has 2 aromatic carbocycles. The number of ether oxygens (including phenoxy) is 2. The number of carbonyl (C=O) groups excluding carboxylic acids is 1. The fourth-order valence-electron chi connectivity index (χ4n) is 3.04. The third kappa shape index (κ3) is 5.70. The first-order chi connectivity index (χ1) is 14.6. The molecule has 0 aliphatic carbocycles. The minimum atomic E-state index is -0.152. The second-order valence-corrected chi connectivity index (χ2v) is 6.89. The van der Waals surface area contributed by atoms with Crippen LogP contribution < -0.4 is 14.9 Å². The molecular formula is C23H26N4O3. The quantitative estimate of drug-likeness (QED) is 0.419. The summed E-state index contributed by atoms with van der Waals surface area (Å²) in [6, 6.07) is 15.4. The largest absolute Gasteiger partial charge is 0.493 e. The van der Waals surface area contributed by atoms with Crippen molar-refractivity contribution in [3.05, 3.63) is 76.6 Å². The third-order valence-electron chi connectivity index (χ3n) is 4.71. The summed E-state index contributed by atoms with van der Waals surface area (Å²) in [5.74, 6) is 1.10. The van der Waals surface area contributed by atoms with Gasteiger partial charge < -0.3 is 9.47 Å². The zero-order valence-electron chi connectivity index (χ0n) is 17.4. The van der Waals surface area contributed by atoms with Gasteiger partial charge in [0.1, 0.15) is 6.61 Å². The zero-order chi connectivity index (χ0) is 21.3. The van der Waals surface area contributed by atoms with E-state index in [1.165, 1.54) is 0 Å². The average molecular weight is 406 g/mol. The molecule has 0 atom stereocenters. The maximum atomic E-state index is 12.1. The molecule has 0 saturated heterocycles. The highest BCUT2D eigenvalue weighted by Crippen LogP contribution is 2.28. The monoisotopic (exact) mass is 406 g/mol. The number of hydrogen-bond donors (Lipinski definition) is 2. The minimum Gasteiger partial charge on any atom is -0.493 e. The molecule has 7 heteroatoms. The van der Waals surface area contributed by atoms with Crippen LogP contribution in [-0.4, -0.2) is 29.4 Å². The molecule has 1 amide bonds. The Labute approximate surface area is 176 Å². The van der Waals surface area contributed by atoms with Gasteiger partial charge in [-0.3, -0.25) is 9.89 Å². The first-order valence-electron chi connectivity index (χ1n) is 9.74. The Morgan fingerprint density at radius 3 is 2.67 bits per heavy atom. The van der Waals surface area contributed by atoms with Crippen molar-refractivity contribution >= 4 is 12.1 Å². The van der Waals surface area contributed by atoms with Gasteiger partial charge in [-0.05, 0) is 55.2 Å². The highest BCUT2D eigenvalue weighted by atomic mass is 16.5. The molecule has 0 bridgehead atoms. The van der Waals surface area contributed by atoms with Gasteiger partial charge in [0, 0.05) is 12.1 Å². The van der Waals surface area contributed by atoms with Gasteiger partial charge in [0.25, 0.3) is 0 Å². The molecule has 156 valence electrons. The van der Waals surface area contributed by atoms with Crippen molar-refractivity contribution in [2.24, 2.45) is 5.10 Å². The van der Waals surface area contributed by atoms with E-state index < -0.39 is 0 Å². The predicted octanol–water partition coefficient (Wildman–Crippen LogP) is 3.70. The Bertz CT molecular complexity index is 993. The van der Waals surface area contributed by atoms with Crippen molar-refractivity contribution in [2.45, 2.75) is 33.3 Å². The van der Waals surface area contributed by atoms with Crippen molar-refractivity contribution in [3.8, 4) is 11.5 Å². The van der Waals surface area contributed by atoms with Gasteiger partial charge in [0.05, 0.1) is 19.0 Å². The lowest BCUT2D eigenvalue weighted by atomic mass is 10.1. The summed E-state index contributed by atoms with van der Waals surface area (Å²) in [7, 11) is 1.60. The van der Waals surface area contributed by atoms with Crippen molar-refractivity contribution < 1.29 is 14.3 Å². The number of amides is 1. The van der Waals surface area contributed by atoms with Gasteiger partial charge >= 0.3 is 0 Å². The van der Waals surface area contributed by atoms with Crippen molar-refractivity contribution in [3.63, 3.8) is 0 Å². The lowest BCUT2D eigenvalue weighted by molar-refractivity contribution is -0.121. The van der Waals surface area contributed by atoms with E-state index in [1.54, 1.807) is 13.3 Å². The third-order valence-corrected chi connectivity index (χ3v) is 4.71. The van der Waals surface area contributed by atoms with E-state index in [0.717, 1.165) is 28.1 Å². The minimum absolute atomic E-state index is 0.152. The normalized spacial score (nSPS) is 10.9. The number of nitrogens with zero attached hydrogens (tertiary/aromatic N) is 2. The molecule has 0 saturated carbocycles. The van der Waals surface area contributed by atoms with Crippen molar-refractivity contribution in [2.75, 3.05) is 7.11 Å². The fourth-order valence-corrected chi connectivity index (χ4v) is 3.04. The summed E-state index contributed by atoms with van der Waals surface area (Å²) in [5.41, 5.74) is 7.41. The second-order valence-electron chi connectivity index (χ2n) is 6.89. The van der Waals surface area contributed by atoms with E-state index in [4.69, 9.17) is 9.47 Å². The van der Waals surface area contributed by atoms with E-state index in [2.05, 4.69) is 20.7 Å². The SMILES string of the molecule is COc1ccc(/C=N/NC(=O)CCc2c(C)n[nH]c2C)cc1OCc1ccccc1. The number of benzene rings is 2. The summed E-state index contributed by atoms with van der Waals surface area (Å²) >= 11 is 0. The molecule has 0 aliphatic heterocycles. The van der Waals surface area contributed by atoms with Crippen LogP contribution in [0.15, 0.2) is 53.6 Å². The Balaban J connectivity index is 1.56. The lowest BCUT2D eigenvalue weighted by Gasteiger charge is -2.11. The molecule has 0 aliphatic rings. The molecule has 3 aromatic rings. The second kappa shape index (κ2) is 10.2. The number of aromatic amines is 1. The van der Waals surface area contributed by atoms with Gasteiger partial charge in [0.2, 0.25) is 5.91 Å². The van der Waals surface area contributed by atoms with Crippen LogP contribution in [0, 0.1) is 13.8 Å². The number of nitrogens with one attached hydrogen (secondary N) is 2. The number of aromatic nitrogens is 2. The molecule has 1 aromatic heterocycles. The van der Waals surface area contributed by atoms with Crippen molar-refractivity contribution in [1.29, 1.82) is 0 Å². The predicted molar refractivity (Wildman–Crippen MR) is 116 cm³/mol. The van der Waals surface area contributed by atoms with Gasteiger partial charge in [-0.15, -0.1) is 0 Å². The van der Waals surface area contributed by atoms with E-state index in [0.29, 0.717) is 30.9 Å². The van der Waals surface area contributed by atoms with Gasteiger partial charge in [-0.25, -0.2) is 5.43 Å². The Kier molecular flexibility index (Phi) is 7.21. The molecular weight excluding hydrogens is 380 g/mol. The Morgan fingerprint density at radius 2 is 1.97 bits per heavy atom. The van der Waals surface area contributed by atoms with Crippen LogP contribution in [0.1, 0.15) is 34.5 Å². The van der Waals surface area contributed by atoms with Crippen LogP contribution in [0.4, 0.5) is 0 Å². The maximum absolute atomic E-state index is 12.1. The zero-order valence-corrected chi connectivity index (χ0v) is 17.4. The number of methoxy groups -OCH3 is 1. The van der Waals surface area contributed by atoms with E-state index >= 15 is 0 Å². The first kappa shape index (κ1) is 21.1. The lowest BCUT2D eigenvalue weighted by Crippen LogP contribution is -2.18.